The Bertz CT molecular complexity index is 1280. The lowest BCUT2D eigenvalue weighted by molar-refractivity contribution is 0.101. The van der Waals surface area contributed by atoms with Gasteiger partial charge in [-0.3, -0.25) is 0 Å². The first-order valence-corrected chi connectivity index (χ1v) is 8.45. The Morgan fingerprint density at radius 2 is 1.33 bits per heavy atom. The van der Waals surface area contributed by atoms with E-state index in [2.05, 4.69) is 69.8 Å². The molecule has 1 unspecified atom stereocenters. The molecule has 3 aromatic carbocycles. The molecule has 3 heterocycles. The molecule has 6 rings (SSSR count). The number of aromatic nitrogens is 2. The molecule has 0 radical (unpaired) electrons. The van der Waals surface area contributed by atoms with Crippen molar-refractivity contribution in [2.45, 2.75) is 19.2 Å². The van der Waals surface area contributed by atoms with Crippen LogP contribution in [0.2, 0.25) is 0 Å². The molecule has 0 fully saturated rings. The van der Waals surface area contributed by atoms with Crippen molar-refractivity contribution in [3.05, 3.63) is 60.7 Å². The number of rotatable bonds is 0. The smallest absolute Gasteiger partial charge is 0.133 e. The molecule has 3 heteroatoms. The summed E-state index contributed by atoms with van der Waals surface area (Å²) in [5.74, 6) is 0. The minimum absolute atomic E-state index is 0.489. The number of fused-ring (bicyclic) bond motifs is 6. The average molecular weight is 312 g/mol. The SMILES string of the molecule is OC1CCn2c3ccccc3c3ccc4c5ccccc5n1c4c32. The summed E-state index contributed by atoms with van der Waals surface area (Å²) < 4.78 is 4.52. The first-order valence-electron chi connectivity index (χ1n) is 8.45. The Morgan fingerprint density at radius 1 is 0.708 bits per heavy atom. The van der Waals surface area contributed by atoms with Gasteiger partial charge in [-0.1, -0.05) is 48.5 Å². The summed E-state index contributed by atoms with van der Waals surface area (Å²) in [6.45, 7) is 0.834. The van der Waals surface area contributed by atoms with Gasteiger partial charge in [-0.25, -0.2) is 0 Å². The average Bonchev–Trinajstić information content (AvgIpc) is 3.07. The number of aryl methyl sites for hydroxylation is 1. The second-order valence-electron chi connectivity index (χ2n) is 6.68. The number of aliphatic hydroxyl groups is 1. The molecule has 0 spiro atoms. The Balaban J connectivity index is 2.01. The quantitative estimate of drug-likeness (QED) is 0.437. The molecule has 0 saturated carbocycles. The van der Waals surface area contributed by atoms with Crippen molar-refractivity contribution >= 4 is 43.6 Å². The number of benzene rings is 3. The van der Waals surface area contributed by atoms with Gasteiger partial charge in [0.1, 0.15) is 6.23 Å². The maximum atomic E-state index is 10.9. The van der Waals surface area contributed by atoms with Crippen LogP contribution in [0.15, 0.2) is 60.7 Å². The fourth-order valence-corrected chi connectivity index (χ4v) is 4.54. The molecule has 1 atom stereocenters. The first-order chi connectivity index (χ1) is 11.8. The van der Waals surface area contributed by atoms with Gasteiger partial charge in [0, 0.05) is 40.0 Å². The largest absolute Gasteiger partial charge is 0.373 e. The summed E-state index contributed by atoms with van der Waals surface area (Å²) in [6.07, 6.45) is 0.229. The highest BCUT2D eigenvalue weighted by molar-refractivity contribution is 6.22. The van der Waals surface area contributed by atoms with Gasteiger partial charge in [0.25, 0.3) is 0 Å². The van der Waals surface area contributed by atoms with Crippen molar-refractivity contribution < 1.29 is 5.11 Å². The van der Waals surface area contributed by atoms with Gasteiger partial charge in [-0.05, 0) is 12.1 Å². The van der Waals surface area contributed by atoms with Crippen LogP contribution in [-0.2, 0) is 6.54 Å². The molecule has 24 heavy (non-hydrogen) atoms. The van der Waals surface area contributed by atoms with Crippen molar-refractivity contribution in [3.8, 4) is 0 Å². The highest BCUT2D eigenvalue weighted by Gasteiger charge is 2.24. The minimum atomic E-state index is -0.489. The van der Waals surface area contributed by atoms with Gasteiger partial charge in [-0.2, -0.15) is 0 Å². The zero-order chi connectivity index (χ0) is 15.8. The van der Waals surface area contributed by atoms with E-state index in [0.29, 0.717) is 0 Å². The molecule has 0 amide bonds. The molecule has 5 aromatic rings. The second-order valence-corrected chi connectivity index (χ2v) is 6.68. The van der Waals surface area contributed by atoms with Gasteiger partial charge < -0.3 is 14.2 Å². The standard InChI is InChI=1S/C21H16N2O/c24-19-11-12-22-17-7-3-1-5-13(17)15-9-10-16-14-6-2-4-8-18(14)23(19)21(16)20(15)22/h1-10,19,24H,11-12H2. The van der Waals surface area contributed by atoms with E-state index in [9.17, 15) is 5.11 Å². The Morgan fingerprint density at radius 3 is 2.12 bits per heavy atom. The molecule has 0 aliphatic carbocycles. The van der Waals surface area contributed by atoms with E-state index in [1.807, 2.05) is 0 Å². The van der Waals surface area contributed by atoms with E-state index in [4.69, 9.17) is 0 Å². The van der Waals surface area contributed by atoms with Gasteiger partial charge in [-0.15, -0.1) is 0 Å². The van der Waals surface area contributed by atoms with Crippen LogP contribution in [0.4, 0.5) is 0 Å². The van der Waals surface area contributed by atoms with Crippen LogP contribution in [-0.4, -0.2) is 14.2 Å². The second kappa shape index (κ2) is 4.19. The van der Waals surface area contributed by atoms with Crippen molar-refractivity contribution in [2.24, 2.45) is 0 Å². The molecule has 116 valence electrons. The van der Waals surface area contributed by atoms with Crippen molar-refractivity contribution in [2.75, 3.05) is 0 Å². The highest BCUT2D eigenvalue weighted by Crippen LogP contribution is 2.42. The molecular weight excluding hydrogens is 296 g/mol. The number of nitrogens with zero attached hydrogens (tertiary/aromatic N) is 2. The zero-order valence-corrected chi connectivity index (χ0v) is 13.1. The lowest BCUT2D eigenvalue weighted by Crippen LogP contribution is -2.08. The third-order valence-electron chi connectivity index (χ3n) is 5.51. The molecular formula is C21H16N2O. The fourth-order valence-electron chi connectivity index (χ4n) is 4.54. The van der Waals surface area contributed by atoms with Gasteiger partial charge in [0.2, 0.25) is 0 Å². The van der Waals surface area contributed by atoms with Gasteiger partial charge in [0.15, 0.2) is 0 Å². The molecule has 1 N–H and O–H groups in total. The summed E-state index contributed by atoms with van der Waals surface area (Å²) >= 11 is 0. The summed E-state index contributed by atoms with van der Waals surface area (Å²) in [7, 11) is 0. The summed E-state index contributed by atoms with van der Waals surface area (Å²) in [5.41, 5.74) is 4.79. The fraction of sp³-hybridized carbons (Fsp3) is 0.143. The topological polar surface area (TPSA) is 30.1 Å². The number of hydrogen-bond donors (Lipinski definition) is 1. The number of hydrogen-bond acceptors (Lipinski definition) is 1. The predicted octanol–water partition coefficient (Wildman–Crippen LogP) is 4.80. The van der Waals surface area contributed by atoms with Crippen LogP contribution in [0.25, 0.3) is 43.6 Å². The van der Waals surface area contributed by atoms with E-state index in [1.54, 1.807) is 0 Å². The lowest BCUT2D eigenvalue weighted by Gasteiger charge is -2.13. The Labute approximate surface area is 138 Å². The highest BCUT2D eigenvalue weighted by atomic mass is 16.3. The normalized spacial score (nSPS) is 17.5. The third kappa shape index (κ3) is 1.33. The number of aliphatic hydroxyl groups excluding tert-OH is 1. The van der Waals surface area contributed by atoms with Crippen molar-refractivity contribution in [3.63, 3.8) is 0 Å². The zero-order valence-electron chi connectivity index (χ0n) is 13.1. The summed E-state index contributed by atoms with van der Waals surface area (Å²) in [5, 5.41) is 15.9. The maximum absolute atomic E-state index is 10.9. The molecule has 0 bridgehead atoms. The third-order valence-corrected chi connectivity index (χ3v) is 5.51. The molecule has 1 aliphatic rings. The Hall–Kier alpha value is -2.78. The maximum Gasteiger partial charge on any atom is 0.133 e. The predicted molar refractivity (Wildman–Crippen MR) is 98.3 cm³/mol. The van der Waals surface area contributed by atoms with Crippen LogP contribution >= 0.6 is 0 Å². The van der Waals surface area contributed by atoms with Crippen LogP contribution in [0.3, 0.4) is 0 Å². The molecule has 1 aliphatic heterocycles. The summed E-state index contributed by atoms with van der Waals surface area (Å²) in [6, 6.07) is 21.4. The van der Waals surface area contributed by atoms with Crippen LogP contribution in [0, 0.1) is 0 Å². The monoisotopic (exact) mass is 312 g/mol. The number of para-hydroxylation sites is 2. The van der Waals surface area contributed by atoms with Crippen LogP contribution in [0.5, 0.6) is 0 Å². The Kier molecular flexibility index (Phi) is 2.20. The van der Waals surface area contributed by atoms with Gasteiger partial charge in [0.05, 0.1) is 16.6 Å². The molecule has 3 nitrogen and oxygen atoms in total. The first kappa shape index (κ1) is 12.6. The molecule has 2 aromatic heterocycles. The minimum Gasteiger partial charge on any atom is -0.373 e. The molecule has 0 saturated heterocycles. The van der Waals surface area contributed by atoms with Crippen molar-refractivity contribution in [1.29, 1.82) is 0 Å². The van der Waals surface area contributed by atoms with E-state index in [1.165, 1.54) is 32.6 Å². The summed E-state index contributed by atoms with van der Waals surface area (Å²) in [4.78, 5) is 0. The van der Waals surface area contributed by atoms with Crippen LogP contribution in [0.1, 0.15) is 12.6 Å². The van der Waals surface area contributed by atoms with E-state index >= 15 is 0 Å². The van der Waals surface area contributed by atoms with E-state index in [0.717, 1.165) is 24.0 Å². The lowest BCUT2D eigenvalue weighted by atomic mass is 10.1. The van der Waals surface area contributed by atoms with E-state index in [-0.39, 0.29) is 0 Å². The van der Waals surface area contributed by atoms with Crippen LogP contribution < -0.4 is 0 Å². The van der Waals surface area contributed by atoms with Crippen molar-refractivity contribution in [1.82, 2.24) is 9.13 Å². The van der Waals surface area contributed by atoms with E-state index < -0.39 is 6.23 Å². The van der Waals surface area contributed by atoms with Gasteiger partial charge >= 0.3 is 0 Å².